The number of benzene rings is 1. The summed E-state index contributed by atoms with van der Waals surface area (Å²) in [6.07, 6.45) is 2.21. The third kappa shape index (κ3) is 2.17. The fraction of sp³-hybridized carbons (Fsp3) is 0.400. The first-order chi connectivity index (χ1) is 6.27. The number of nitrogens with one attached hydrogen (secondary N) is 1. The highest BCUT2D eigenvalue weighted by Crippen LogP contribution is 2.30. The molecule has 1 aliphatic rings. The normalized spacial score (nSPS) is 18.3. The van der Waals surface area contributed by atoms with Gasteiger partial charge in [-0.3, -0.25) is 0 Å². The van der Waals surface area contributed by atoms with Crippen LogP contribution in [0.15, 0.2) is 24.3 Å². The predicted octanol–water partition coefficient (Wildman–Crippen LogP) is 2.23. The smallest absolute Gasteiger partial charge is 0.141 e. The molecule has 0 aromatic heterocycles. The van der Waals surface area contributed by atoms with Crippen molar-refractivity contribution in [3.63, 3.8) is 0 Å². The van der Waals surface area contributed by atoms with E-state index in [1.807, 2.05) is 31.2 Å². The van der Waals surface area contributed by atoms with Crippen molar-refractivity contribution in [2.45, 2.75) is 25.0 Å². The number of rotatable bonds is 3. The maximum atomic E-state index is 11.5. The maximum Gasteiger partial charge on any atom is 0.141 e. The fourth-order valence-electron chi connectivity index (χ4n) is 1.16. The Morgan fingerprint density at radius 3 is 2.69 bits per heavy atom. The molecule has 0 aliphatic heterocycles. The summed E-state index contributed by atoms with van der Waals surface area (Å²) in [5, 5.41) is 0.389. The van der Waals surface area contributed by atoms with E-state index in [0.29, 0.717) is 5.25 Å². The summed E-state index contributed by atoms with van der Waals surface area (Å²) in [4.78, 5) is 0. The third-order valence-corrected chi connectivity index (χ3v) is 3.68. The Morgan fingerprint density at radius 1 is 1.38 bits per heavy atom. The summed E-state index contributed by atoms with van der Waals surface area (Å²) in [5.74, 6) is 0. The minimum atomic E-state index is -0.872. The van der Waals surface area contributed by atoms with E-state index < -0.39 is 11.4 Å². The second-order valence-corrected chi connectivity index (χ2v) is 4.88. The van der Waals surface area contributed by atoms with Gasteiger partial charge in [0.15, 0.2) is 0 Å². The highest BCUT2D eigenvalue weighted by Gasteiger charge is 2.35. The molecule has 2 nitrogen and oxygen atoms in total. The van der Waals surface area contributed by atoms with Gasteiger partial charge in [-0.2, -0.15) is 0 Å². The summed E-state index contributed by atoms with van der Waals surface area (Å²) in [6.45, 7) is 2.02. The molecule has 1 N–H and O–H groups in total. The zero-order valence-corrected chi connectivity index (χ0v) is 8.43. The molecule has 2 rings (SSSR count). The fourth-order valence-corrected chi connectivity index (χ4v) is 2.34. The van der Waals surface area contributed by atoms with Crippen LogP contribution in [0.3, 0.4) is 0 Å². The van der Waals surface area contributed by atoms with Crippen LogP contribution in [0.25, 0.3) is 0 Å². The number of anilines is 1. The molecular weight excluding hydrogens is 182 g/mol. The minimum absolute atomic E-state index is 0.389. The van der Waals surface area contributed by atoms with Crippen LogP contribution in [0.4, 0.5) is 5.69 Å². The molecule has 0 bridgehead atoms. The average Bonchev–Trinajstić information content (AvgIpc) is 2.91. The molecule has 1 fully saturated rings. The molecule has 1 aromatic rings. The van der Waals surface area contributed by atoms with Crippen molar-refractivity contribution in [2.24, 2.45) is 0 Å². The van der Waals surface area contributed by atoms with E-state index in [1.165, 1.54) is 0 Å². The Kier molecular flexibility index (Phi) is 2.47. The van der Waals surface area contributed by atoms with Gasteiger partial charge >= 0.3 is 0 Å². The third-order valence-electron chi connectivity index (χ3n) is 2.18. The Bertz CT molecular complexity index is 299. The Labute approximate surface area is 81.7 Å². The van der Waals surface area contributed by atoms with E-state index in [9.17, 15) is 4.55 Å². The lowest BCUT2D eigenvalue weighted by molar-refractivity contribution is 0.599. The highest BCUT2D eigenvalue weighted by atomic mass is 32.2. The van der Waals surface area contributed by atoms with Gasteiger partial charge in [0.1, 0.15) is 5.25 Å². The minimum Gasteiger partial charge on any atom is -0.593 e. The van der Waals surface area contributed by atoms with Crippen LogP contribution < -0.4 is 4.72 Å². The molecule has 0 radical (unpaired) electrons. The molecule has 0 heterocycles. The standard InChI is InChI=1S/C10H13NOS/c1-8-4-2-3-5-10(8)11-13(12)9-6-7-9/h2-5,9,11H,6-7H2,1H3. The first-order valence-corrected chi connectivity index (χ1v) is 5.71. The molecule has 1 aliphatic carbocycles. The van der Waals surface area contributed by atoms with Crippen LogP contribution in [0.2, 0.25) is 0 Å². The van der Waals surface area contributed by atoms with E-state index in [1.54, 1.807) is 0 Å². The van der Waals surface area contributed by atoms with Crippen LogP contribution in [-0.4, -0.2) is 9.80 Å². The molecular formula is C10H13NOS. The highest BCUT2D eigenvalue weighted by molar-refractivity contribution is 7.93. The molecule has 3 heteroatoms. The number of hydrogen-bond acceptors (Lipinski definition) is 2. The van der Waals surface area contributed by atoms with Gasteiger partial charge in [0.05, 0.1) is 17.0 Å². The molecule has 0 spiro atoms. The average molecular weight is 195 g/mol. The quantitative estimate of drug-likeness (QED) is 0.751. The Balaban J connectivity index is 2.03. The zero-order valence-electron chi connectivity index (χ0n) is 7.62. The monoisotopic (exact) mass is 195 g/mol. The number of para-hydroxylation sites is 1. The molecule has 0 amide bonds. The number of hydrogen-bond donors (Lipinski definition) is 1. The Hall–Kier alpha value is -0.670. The lowest BCUT2D eigenvalue weighted by Crippen LogP contribution is -2.17. The van der Waals surface area contributed by atoms with E-state index in [-0.39, 0.29) is 0 Å². The summed E-state index contributed by atoms with van der Waals surface area (Å²) < 4.78 is 14.6. The van der Waals surface area contributed by atoms with Gasteiger partial charge in [0, 0.05) is 12.8 Å². The van der Waals surface area contributed by atoms with Crippen molar-refractivity contribution < 1.29 is 4.55 Å². The summed E-state index contributed by atoms with van der Waals surface area (Å²) >= 11 is -0.872. The summed E-state index contributed by atoms with van der Waals surface area (Å²) in [6, 6.07) is 7.93. The van der Waals surface area contributed by atoms with E-state index in [0.717, 1.165) is 24.1 Å². The maximum absolute atomic E-state index is 11.5. The van der Waals surface area contributed by atoms with E-state index in [2.05, 4.69) is 4.72 Å². The van der Waals surface area contributed by atoms with Crippen molar-refractivity contribution in [1.82, 2.24) is 0 Å². The van der Waals surface area contributed by atoms with Crippen molar-refractivity contribution in [3.05, 3.63) is 29.8 Å². The van der Waals surface area contributed by atoms with Crippen molar-refractivity contribution in [3.8, 4) is 0 Å². The molecule has 1 unspecified atom stereocenters. The largest absolute Gasteiger partial charge is 0.593 e. The van der Waals surface area contributed by atoms with Crippen molar-refractivity contribution >= 4 is 17.0 Å². The van der Waals surface area contributed by atoms with Gasteiger partial charge in [0.2, 0.25) is 0 Å². The van der Waals surface area contributed by atoms with Gasteiger partial charge in [-0.05, 0) is 18.6 Å². The van der Waals surface area contributed by atoms with Crippen LogP contribution in [0.1, 0.15) is 18.4 Å². The lowest BCUT2D eigenvalue weighted by atomic mass is 10.2. The molecule has 1 atom stereocenters. The molecule has 1 saturated carbocycles. The van der Waals surface area contributed by atoms with Crippen LogP contribution >= 0.6 is 0 Å². The first-order valence-electron chi connectivity index (χ1n) is 4.50. The SMILES string of the molecule is Cc1ccccc1N[S+]([O-])C1CC1. The summed E-state index contributed by atoms with van der Waals surface area (Å²) in [7, 11) is 0. The zero-order chi connectivity index (χ0) is 9.26. The van der Waals surface area contributed by atoms with Gasteiger partial charge in [-0.15, -0.1) is 0 Å². The Morgan fingerprint density at radius 2 is 2.08 bits per heavy atom. The molecule has 13 heavy (non-hydrogen) atoms. The number of aryl methyl sites for hydroxylation is 1. The second-order valence-electron chi connectivity index (χ2n) is 3.41. The van der Waals surface area contributed by atoms with Gasteiger partial charge in [-0.25, -0.2) is 4.72 Å². The molecule has 0 saturated heterocycles. The topological polar surface area (TPSA) is 35.1 Å². The van der Waals surface area contributed by atoms with Crippen LogP contribution in [-0.2, 0) is 11.4 Å². The lowest BCUT2D eigenvalue weighted by Gasteiger charge is -2.12. The van der Waals surface area contributed by atoms with E-state index >= 15 is 0 Å². The molecule has 1 aromatic carbocycles. The van der Waals surface area contributed by atoms with Crippen molar-refractivity contribution in [1.29, 1.82) is 0 Å². The van der Waals surface area contributed by atoms with Crippen LogP contribution in [0.5, 0.6) is 0 Å². The second kappa shape index (κ2) is 3.60. The van der Waals surface area contributed by atoms with Crippen LogP contribution in [0, 0.1) is 6.92 Å². The van der Waals surface area contributed by atoms with E-state index in [4.69, 9.17) is 0 Å². The summed E-state index contributed by atoms with van der Waals surface area (Å²) in [5.41, 5.74) is 2.14. The van der Waals surface area contributed by atoms with Gasteiger partial charge in [0.25, 0.3) is 0 Å². The first kappa shape index (κ1) is 8.91. The van der Waals surface area contributed by atoms with Gasteiger partial charge in [-0.1, -0.05) is 18.2 Å². The van der Waals surface area contributed by atoms with Crippen molar-refractivity contribution in [2.75, 3.05) is 4.72 Å². The molecule has 70 valence electrons. The van der Waals surface area contributed by atoms with Gasteiger partial charge < -0.3 is 4.55 Å². The predicted molar refractivity (Wildman–Crippen MR) is 56.0 cm³/mol.